The summed E-state index contributed by atoms with van der Waals surface area (Å²) in [5, 5.41) is 9.98. The Bertz CT molecular complexity index is 1230. The van der Waals surface area contributed by atoms with Crippen molar-refractivity contribution in [1.82, 2.24) is 0 Å². The SMILES string of the molecule is Cc1cccc(CC2(c3cccc(N4CCC(C)C4)c3)CN(C[C@@H](O)C(F)(F)F)c3ccccc32)c1. The van der Waals surface area contributed by atoms with Crippen molar-refractivity contribution in [2.24, 2.45) is 5.92 Å². The fourth-order valence-electron chi connectivity index (χ4n) is 5.97. The summed E-state index contributed by atoms with van der Waals surface area (Å²) in [4.78, 5) is 4.12. The Morgan fingerprint density at radius 1 is 1.03 bits per heavy atom. The summed E-state index contributed by atoms with van der Waals surface area (Å²) in [5.74, 6) is 0.640. The number of rotatable bonds is 6. The lowest BCUT2D eigenvalue weighted by Crippen LogP contribution is -2.44. The van der Waals surface area contributed by atoms with Gasteiger partial charge in [-0.1, -0.05) is 67.1 Å². The van der Waals surface area contributed by atoms with Gasteiger partial charge in [-0.25, -0.2) is 0 Å². The molecule has 1 fully saturated rings. The van der Waals surface area contributed by atoms with Gasteiger partial charge >= 0.3 is 6.18 Å². The number of fused-ring (bicyclic) bond motifs is 1. The second-order valence-electron chi connectivity index (χ2n) is 10.6. The highest BCUT2D eigenvalue weighted by Crippen LogP contribution is 2.48. The fraction of sp³-hybridized carbons (Fsp3) is 0.400. The normalized spacial score (nSPS) is 22.7. The molecule has 2 aliphatic rings. The van der Waals surface area contributed by atoms with Gasteiger partial charge in [0.05, 0.1) is 6.54 Å². The maximum Gasteiger partial charge on any atom is 0.416 e. The summed E-state index contributed by atoms with van der Waals surface area (Å²) in [6.07, 6.45) is -5.25. The van der Waals surface area contributed by atoms with Crippen molar-refractivity contribution in [2.45, 2.75) is 44.4 Å². The predicted octanol–water partition coefficient (Wildman–Crippen LogP) is 6.11. The summed E-state index contributed by atoms with van der Waals surface area (Å²) >= 11 is 0. The van der Waals surface area contributed by atoms with E-state index in [4.69, 9.17) is 0 Å². The van der Waals surface area contributed by atoms with E-state index in [9.17, 15) is 18.3 Å². The smallest absolute Gasteiger partial charge is 0.382 e. The Hall–Kier alpha value is -2.99. The molecular formula is C30H33F3N2O. The zero-order valence-electron chi connectivity index (χ0n) is 20.8. The molecule has 0 aromatic heterocycles. The standard InChI is InChI=1S/C30H33F3N2O/c1-21-7-5-8-23(15-21)17-29(24-9-6-10-25(16-24)34-14-13-22(2)18-34)20-35(19-28(36)30(31,32)33)27-12-4-3-11-26(27)29/h3-12,15-16,22,28,36H,13-14,17-20H2,1-2H3/t22?,28-,29?/m1/s1. The second kappa shape index (κ2) is 9.47. The van der Waals surface area contributed by atoms with E-state index in [0.29, 0.717) is 18.9 Å². The number of nitrogens with zero attached hydrogens (tertiary/aromatic N) is 2. The highest BCUT2D eigenvalue weighted by molar-refractivity contribution is 5.68. The van der Waals surface area contributed by atoms with Crippen LogP contribution in [0.4, 0.5) is 24.5 Å². The highest BCUT2D eigenvalue weighted by Gasteiger charge is 2.47. The number of aliphatic hydroxyl groups excluding tert-OH is 1. The third kappa shape index (κ3) is 4.71. The maximum atomic E-state index is 13.4. The molecule has 0 spiro atoms. The van der Waals surface area contributed by atoms with E-state index < -0.39 is 24.2 Å². The van der Waals surface area contributed by atoms with E-state index in [1.165, 1.54) is 0 Å². The first-order valence-corrected chi connectivity index (χ1v) is 12.7. The average molecular weight is 495 g/mol. The third-order valence-corrected chi connectivity index (χ3v) is 7.77. The number of aryl methyl sites for hydroxylation is 1. The molecule has 6 heteroatoms. The van der Waals surface area contributed by atoms with Crippen molar-refractivity contribution in [2.75, 3.05) is 36.0 Å². The third-order valence-electron chi connectivity index (χ3n) is 7.77. The number of benzene rings is 3. The Kier molecular flexibility index (Phi) is 6.50. The van der Waals surface area contributed by atoms with Gasteiger partial charge in [0.1, 0.15) is 0 Å². The van der Waals surface area contributed by atoms with Crippen LogP contribution in [0.15, 0.2) is 72.8 Å². The van der Waals surface area contributed by atoms with Gasteiger partial charge in [0, 0.05) is 36.4 Å². The topological polar surface area (TPSA) is 26.7 Å². The van der Waals surface area contributed by atoms with Gasteiger partial charge < -0.3 is 14.9 Å². The molecule has 0 aliphatic carbocycles. The minimum absolute atomic E-state index is 0.368. The quantitative estimate of drug-likeness (QED) is 0.448. The molecule has 1 saturated heterocycles. The van der Waals surface area contributed by atoms with Crippen LogP contribution in [0.5, 0.6) is 0 Å². The van der Waals surface area contributed by atoms with Gasteiger partial charge in [0.2, 0.25) is 0 Å². The molecule has 2 aliphatic heterocycles. The molecule has 0 bridgehead atoms. The van der Waals surface area contributed by atoms with Crippen molar-refractivity contribution in [1.29, 1.82) is 0 Å². The summed E-state index contributed by atoms with van der Waals surface area (Å²) in [6, 6.07) is 24.6. The van der Waals surface area contributed by atoms with Crippen molar-refractivity contribution in [3.8, 4) is 0 Å². The number of aliphatic hydroxyl groups is 1. The van der Waals surface area contributed by atoms with Crippen LogP contribution in [0.1, 0.15) is 35.6 Å². The molecule has 1 N–H and O–H groups in total. The summed E-state index contributed by atoms with van der Waals surface area (Å²) in [7, 11) is 0. The molecule has 3 aromatic rings. The minimum atomic E-state index is -4.66. The van der Waals surface area contributed by atoms with E-state index in [2.05, 4.69) is 61.2 Å². The molecule has 0 saturated carbocycles. The van der Waals surface area contributed by atoms with E-state index >= 15 is 0 Å². The molecular weight excluding hydrogens is 461 g/mol. The number of β-amino-alcohol motifs (C(OH)–C–C–N with tert-alkyl or cyclic N) is 1. The number of hydrogen-bond donors (Lipinski definition) is 1. The van der Waals surface area contributed by atoms with E-state index in [1.807, 2.05) is 30.3 Å². The molecule has 2 heterocycles. The Morgan fingerprint density at radius 2 is 1.81 bits per heavy atom. The Balaban J connectivity index is 1.61. The molecule has 2 unspecified atom stereocenters. The van der Waals surface area contributed by atoms with Crippen LogP contribution < -0.4 is 9.80 Å². The molecule has 5 rings (SSSR count). The molecule has 0 radical (unpaired) electrons. The van der Waals surface area contributed by atoms with Crippen LogP contribution in [0, 0.1) is 12.8 Å². The minimum Gasteiger partial charge on any atom is -0.382 e. The van der Waals surface area contributed by atoms with Crippen molar-refractivity contribution >= 4 is 11.4 Å². The molecule has 36 heavy (non-hydrogen) atoms. The predicted molar refractivity (Wildman–Crippen MR) is 139 cm³/mol. The Morgan fingerprint density at radius 3 is 2.53 bits per heavy atom. The number of alkyl halides is 3. The Labute approximate surface area is 211 Å². The zero-order chi connectivity index (χ0) is 25.5. The van der Waals surface area contributed by atoms with Crippen LogP contribution in [0.25, 0.3) is 0 Å². The van der Waals surface area contributed by atoms with Gasteiger partial charge in [-0.3, -0.25) is 0 Å². The monoisotopic (exact) mass is 494 g/mol. The van der Waals surface area contributed by atoms with Crippen molar-refractivity contribution in [3.05, 3.63) is 95.1 Å². The van der Waals surface area contributed by atoms with Gasteiger partial charge in [0.25, 0.3) is 0 Å². The lowest BCUT2D eigenvalue weighted by Gasteiger charge is -2.33. The van der Waals surface area contributed by atoms with Gasteiger partial charge in [-0.05, 0) is 60.6 Å². The average Bonchev–Trinajstić information content (AvgIpc) is 3.41. The molecule has 0 amide bonds. The van der Waals surface area contributed by atoms with E-state index in [-0.39, 0.29) is 0 Å². The van der Waals surface area contributed by atoms with Crippen LogP contribution in [-0.4, -0.2) is 43.6 Å². The number of para-hydroxylation sites is 1. The molecule has 190 valence electrons. The fourth-order valence-corrected chi connectivity index (χ4v) is 5.97. The lowest BCUT2D eigenvalue weighted by atomic mass is 9.71. The van der Waals surface area contributed by atoms with Crippen LogP contribution in [0.2, 0.25) is 0 Å². The second-order valence-corrected chi connectivity index (χ2v) is 10.6. The first-order chi connectivity index (χ1) is 17.2. The zero-order valence-corrected chi connectivity index (χ0v) is 20.8. The van der Waals surface area contributed by atoms with Crippen molar-refractivity contribution < 1.29 is 18.3 Å². The van der Waals surface area contributed by atoms with Crippen LogP contribution >= 0.6 is 0 Å². The highest BCUT2D eigenvalue weighted by atomic mass is 19.4. The number of anilines is 2. The van der Waals surface area contributed by atoms with Crippen LogP contribution in [0.3, 0.4) is 0 Å². The van der Waals surface area contributed by atoms with Gasteiger partial charge in [0.15, 0.2) is 6.10 Å². The maximum absolute atomic E-state index is 13.4. The van der Waals surface area contributed by atoms with Crippen molar-refractivity contribution in [3.63, 3.8) is 0 Å². The van der Waals surface area contributed by atoms with Gasteiger partial charge in [-0.2, -0.15) is 13.2 Å². The van der Waals surface area contributed by atoms with Gasteiger partial charge in [-0.15, -0.1) is 0 Å². The largest absolute Gasteiger partial charge is 0.416 e. The molecule has 3 nitrogen and oxygen atoms in total. The summed E-state index contributed by atoms with van der Waals surface area (Å²) in [6.45, 7) is 6.22. The first-order valence-electron chi connectivity index (χ1n) is 12.7. The number of halogens is 3. The van der Waals surface area contributed by atoms with Crippen LogP contribution in [-0.2, 0) is 11.8 Å². The summed E-state index contributed by atoms with van der Waals surface area (Å²) < 4.78 is 40.1. The summed E-state index contributed by atoms with van der Waals surface area (Å²) in [5.41, 5.74) is 5.77. The lowest BCUT2D eigenvalue weighted by molar-refractivity contribution is -0.200. The number of hydrogen-bond acceptors (Lipinski definition) is 3. The molecule has 3 atom stereocenters. The van der Waals surface area contributed by atoms with E-state index in [0.717, 1.165) is 53.1 Å². The molecule has 3 aromatic carbocycles. The first kappa shape index (κ1) is 24.7. The van der Waals surface area contributed by atoms with E-state index in [1.54, 1.807) is 4.90 Å².